The first-order chi connectivity index (χ1) is 14.2. The van der Waals surface area contributed by atoms with Crippen molar-refractivity contribution in [3.8, 4) is 0 Å². The van der Waals surface area contributed by atoms with Gasteiger partial charge in [-0.25, -0.2) is 4.79 Å². The molecule has 1 aromatic rings. The molecule has 3 rings (SSSR count). The van der Waals surface area contributed by atoms with E-state index in [-0.39, 0.29) is 24.0 Å². The number of nitrogens with zero attached hydrogens (tertiary/aromatic N) is 1. The van der Waals surface area contributed by atoms with Crippen molar-refractivity contribution in [2.75, 3.05) is 13.1 Å². The Bertz CT molecular complexity index is 732. The fourth-order valence-electron chi connectivity index (χ4n) is 4.57. The van der Waals surface area contributed by atoms with Crippen LogP contribution >= 0.6 is 15.9 Å². The second-order valence-electron chi connectivity index (χ2n) is 9.65. The van der Waals surface area contributed by atoms with E-state index in [1.807, 2.05) is 32.9 Å². The van der Waals surface area contributed by atoms with E-state index < -0.39 is 5.60 Å². The average Bonchev–Trinajstić information content (AvgIpc) is 2.72. The van der Waals surface area contributed by atoms with Crippen LogP contribution in [0.25, 0.3) is 0 Å². The summed E-state index contributed by atoms with van der Waals surface area (Å²) in [6, 6.07) is 8.27. The number of ether oxygens (including phenoxy) is 1. The van der Waals surface area contributed by atoms with E-state index in [0.717, 1.165) is 17.3 Å². The molecule has 0 spiro atoms. The van der Waals surface area contributed by atoms with Crippen molar-refractivity contribution in [2.24, 2.45) is 11.8 Å². The van der Waals surface area contributed by atoms with Crippen LogP contribution in [0.5, 0.6) is 0 Å². The molecule has 2 fully saturated rings. The molecule has 1 heterocycles. The Morgan fingerprint density at radius 3 is 2.30 bits per heavy atom. The van der Waals surface area contributed by atoms with Gasteiger partial charge in [0, 0.05) is 23.5 Å². The van der Waals surface area contributed by atoms with Gasteiger partial charge in [0.05, 0.1) is 6.04 Å². The summed E-state index contributed by atoms with van der Waals surface area (Å²) in [6.45, 7) is 6.75. The smallest absolute Gasteiger partial charge is 0.410 e. The van der Waals surface area contributed by atoms with Crippen LogP contribution < -0.4 is 5.32 Å². The van der Waals surface area contributed by atoms with Crippen LogP contribution in [0.2, 0.25) is 0 Å². The van der Waals surface area contributed by atoms with Gasteiger partial charge >= 0.3 is 6.09 Å². The van der Waals surface area contributed by atoms with Gasteiger partial charge in [-0.1, -0.05) is 53.4 Å². The van der Waals surface area contributed by atoms with E-state index in [9.17, 15) is 9.59 Å². The molecular formula is C24H35BrN2O3. The summed E-state index contributed by atoms with van der Waals surface area (Å²) in [4.78, 5) is 27.2. The predicted octanol–water partition coefficient (Wildman–Crippen LogP) is 5.83. The highest BCUT2D eigenvalue weighted by atomic mass is 79.9. The van der Waals surface area contributed by atoms with Crippen LogP contribution in [-0.2, 0) is 9.53 Å². The maximum absolute atomic E-state index is 13.2. The Morgan fingerprint density at radius 1 is 1.07 bits per heavy atom. The van der Waals surface area contributed by atoms with Crippen molar-refractivity contribution in [1.29, 1.82) is 0 Å². The van der Waals surface area contributed by atoms with Crippen LogP contribution in [0.3, 0.4) is 0 Å². The molecule has 1 N–H and O–H groups in total. The van der Waals surface area contributed by atoms with Crippen molar-refractivity contribution in [1.82, 2.24) is 10.2 Å². The third-order valence-electron chi connectivity index (χ3n) is 6.18. The topological polar surface area (TPSA) is 58.6 Å². The molecule has 1 aliphatic carbocycles. The molecule has 1 saturated carbocycles. The third kappa shape index (κ3) is 6.22. The van der Waals surface area contributed by atoms with Gasteiger partial charge in [-0.3, -0.25) is 4.79 Å². The zero-order chi connectivity index (χ0) is 21.7. The number of amides is 2. The number of hydrogen-bond acceptors (Lipinski definition) is 3. The Balaban J connectivity index is 1.62. The number of piperidine rings is 1. The van der Waals surface area contributed by atoms with Gasteiger partial charge in [-0.05, 0) is 64.0 Å². The Morgan fingerprint density at radius 2 is 1.70 bits per heavy atom. The summed E-state index contributed by atoms with van der Waals surface area (Å²) in [7, 11) is 0. The number of halogens is 1. The molecule has 0 radical (unpaired) electrons. The van der Waals surface area contributed by atoms with Gasteiger partial charge in [-0.15, -0.1) is 0 Å². The van der Waals surface area contributed by atoms with Gasteiger partial charge in [0.2, 0.25) is 5.91 Å². The molecule has 1 atom stereocenters. The molecule has 2 aliphatic rings. The standard InChI is InChI=1S/C24H35BrN2O3/c1-24(2,3)30-23(29)27-15-13-18(14-16-27)22(28)26-21(17-9-5-4-6-10-17)19-11-7-8-12-20(19)25/h7-8,11-12,17-18,21H,4-6,9-10,13-16H2,1-3H3,(H,26,28). The highest BCUT2D eigenvalue weighted by Crippen LogP contribution is 2.37. The molecule has 166 valence electrons. The van der Waals surface area contributed by atoms with Gasteiger partial charge < -0.3 is 15.0 Å². The predicted molar refractivity (Wildman–Crippen MR) is 122 cm³/mol. The number of nitrogens with one attached hydrogen (secondary N) is 1. The van der Waals surface area contributed by atoms with E-state index in [0.29, 0.717) is 31.8 Å². The molecule has 0 aromatic heterocycles. The first-order valence-corrected chi connectivity index (χ1v) is 12.1. The van der Waals surface area contributed by atoms with E-state index >= 15 is 0 Å². The minimum atomic E-state index is -0.498. The molecule has 5 nitrogen and oxygen atoms in total. The Kier molecular flexibility index (Phi) is 7.83. The van der Waals surface area contributed by atoms with E-state index in [2.05, 4.69) is 33.4 Å². The Labute approximate surface area is 189 Å². The van der Waals surface area contributed by atoms with Crippen LogP contribution in [0.4, 0.5) is 4.79 Å². The number of carbonyl (C=O) groups is 2. The lowest BCUT2D eigenvalue weighted by Crippen LogP contribution is -2.46. The molecule has 1 unspecified atom stereocenters. The lowest BCUT2D eigenvalue weighted by molar-refractivity contribution is -0.127. The van der Waals surface area contributed by atoms with E-state index in [4.69, 9.17) is 4.74 Å². The van der Waals surface area contributed by atoms with Crippen molar-refractivity contribution >= 4 is 27.9 Å². The molecule has 1 saturated heterocycles. The first-order valence-electron chi connectivity index (χ1n) is 11.3. The minimum absolute atomic E-state index is 0.0391. The van der Waals surface area contributed by atoms with Gasteiger partial charge in [0.1, 0.15) is 5.60 Å². The van der Waals surface area contributed by atoms with Crippen molar-refractivity contribution in [2.45, 2.75) is 77.4 Å². The summed E-state index contributed by atoms with van der Waals surface area (Å²) in [5, 5.41) is 3.39. The normalized spacial score (nSPS) is 19.9. The Hall–Kier alpha value is -1.56. The molecule has 1 aromatic carbocycles. The lowest BCUT2D eigenvalue weighted by Gasteiger charge is -2.35. The number of rotatable bonds is 4. The highest BCUT2D eigenvalue weighted by molar-refractivity contribution is 9.10. The zero-order valence-corrected chi connectivity index (χ0v) is 20.0. The number of benzene rings is 1. The molecule has 0 bridgehead atoms. The summed E-state index contributed by atoms with van der Waals surface area (Å²) in [6.07, 6.45) is 7.14. The average molecular weight is 479 g/mol. The fraction of sp³-hybridized carbons (Fsp3) is 0.667. The summed E-state index contributed by atoms with van der Waals surface area (Å²) in [5.74, 6) is 0.533. The maximum atomic E-state index is 13.2. The summed E-state index contributed by atoms with van der Waals surface area (Å²) >= 11 is 3.69. The lowest BCUT2D eigenvalue weighted by atomic mass is 9.80. The van der Waals surface area contributed by atoms with Crippen molar-refractivity contribution in [3.05, 3.63) is 34.3 Å². The summed E-state index contributed by atoms with van der Waals surface area (Å²) < 4.78 is 6.53. The number of likely N-dealkylation sites (tertiary alicyclic amines) is 1. The third-order valence-corrected chi connectivity index (χ3v) is 6.90. The summed E-state index contributed by atoms with van der Waals surface area (Å²) in [5.41, 5.74) is 0.672. The molecule has 1 aliphatic heterocycles. The maximum Gasteiger partial charge on any atom is 0.410 e. The van der Waals surface area contributed by atoms with Gasteiger partial charge in [0.25, 0.3) is 0 Å². The fourth-order valence-corrected chi connectivity index (χ4v) is 5.10. The highest BCUT2D eigenvalue weighted by Gasteiger charge is 2.33. The van der Waals surface area contributed by atoms with Crippen LogP contribution in [0, 0.1) is 11.8 Å². The molecule has 2 amide bonds. The largest absolute Gasteiger partial charge is 0.444 e. The van der Waals surface area contributed by atoms with Gasteiger partial charge in [0.15, 0.2) is 0 Å². The molecule has 6 heteroatoms. The van der Waals surface area contributed by atoms with Crippen LogP contribution in [0.1, 0.15) is 77.3 Å². The molecular weight excluding hydrogens is 444 g/mol. The van der Waals surface area contributed by atoms with E-state index in [1.54, 1.807) is 4.90 Å². The SMILES string of the molecule is CC(C)(C)OC(=O)N1CCC(C(=O)NC(c2ccccc2Br)C2CCCCC2)CC1. The quantitative estimate of drug-likeness (QED) is 0.591. The first kappa shape index (κ1) is 23.1. The van der Waals surface area contributed by atoms with Crippen molar-refractivity contribution < 1.29 is 14.3 Å². The second-order valence-corrected chi connectivity index (χ2v) is 10.5. The van der Waals surface area contributed by atoms with Crippen molar-refractivity contribution in [3.63, 3.8) is 0 Å². The van der Waals surface area contributed by atoms with Crippen LogP contribution in [-0.4, -0.2) is 35.6 Å². The minimum Gasteiger partial charge on any atom is -0.444 e. The second kappa shape index (κ2) is 10.2. The monoisotopic (exact) mass is 478 g/mol. The van der Waals surface area contributed by atoms with Gasteiger partial charge in [-0.2, -0.15) is 0 Å². The van der Waals surface area contributed by atoms with E-state index in [1.165, 1.54) is 24.8 Å². The van der Waals surface area contributed by atoms with Crippen LogP contribution in [0.15, 0.2) is 28.7 Å². The number of carbonyl (C=O) groups excluding carboxylic acids is 2. The molecule has 30 heavy (non-hydrogen) atoms. The number of hydrogen-bond donors (Lipinski definition) is 1. The zero-order valence-electron chi connectivity index (χ0n) is 18.5.